The average molecular weight is 190 g/mol. The first-order valence-electron chi connectivity index (χ1n) is 5.36. The van der Waals surface area contributed by atoms with Gasteiger partial charge >= 0.3 is 0 Å². The van der Waals surface area contributed by atoms with Gasteiger partial charge in [0.15, 0.2) is 0 Å². The van der Waals surface area contributed by atoms with Crippen molar-refractivity contribution in [3.63, 3.8) is 0 Å². The van der Waals surface area contributed by atoms with Gasteiger partial charge in [-0.2, -0.15) is 0 Å². The van der Waals surface area contributed by atoms with Gasteiger partial charge in [-0.3, -0.25) is 0 Å². The summed E-state index contributed by atoms with van der Waals surface area (Å²) >= 11 is 0. The standard InChI is InChI=1S/C13H18O/c1-9(2)13(14)7-6-11-5-4-10(3)8-12(11)13/h4-5,8-9,14H,6-7H2,1-3H3. The van der Waals surface area contributed by atoms with Crippen LogP contribution in [0.1, 0.15) is 37.0 Å². The molecule has 1 heteroatoms. The van der Waals surface area contributed by atoms with E-state index in [1.165, 1.54) is 11.1 Å². The fourth-order valence-electron chi connectivity index (χ4n) is 2.37. The largest absolute Gasteiger partial charge is 0.385 e. The molecule has 0 heterocycles. The zero-order valence-electron chi connectivity index (χ0n) is 9.17. The lowest BCUT2D eigenvalue weighted by atomic mass is 9.84. The normalized spacial score (nSPS) is 25.5. The van der Waals surface area contributed by atoms with Gasteiger partial charge in [0.05, 0.1) is 5.60 Å². The SMILES string of the molecule is Cc1ccc2c(c1)C(O)(C(C)C)CC2. The Bertz CT molecular complexity index is 354. The van der Waals surface area contributed by atoms with Crippen LogP contribution < -0.4 is 0 Å². The first-order chi connectivity index (χ1) is 6.54. The van der Waals surface area contributed by atoms with Crippen molar-refractivity contribution in [2.45, 2.75) is 39.2 Å². The van der Waals surface area contributed by atoms with Crippen molar-refractivity contribution in [1.82, 2.24) is 0 Å². The molecule has 1 aliphatic carbocycles. The van der Waals surface area contributed by atoms with Gasteiger partial charge in [-0.25, -0.2) is 0 Å². The molecule has 1 aliphatic rings. The maximum atomic E-state index is 10.5. The summed E-state index contributed by atoms with van der Waals surface area (Å²) in [6.07, 6.45) is 1.90. The third-order valence-electron chi connectivity index (χ3n) is 3.46. The molecule has 0 bridgehead atoms. The van der Waals surface area contributed by atoms with Crippen LogP contribution in [0.4, 0.5) is 0 Å². The molecule has 1 atom stereocenters. The molecule has 0 spiro atoms. The summed E-state index contributed by atoms with van der Waals surface area (Å²) in [5, 5.41) is 10.5. The lowest BCUT2D eigenvalue weighted by molar-refractivity contribution is -0.00822. The minimum absolute atomic E-state index is 0.297. The van der Waals surface area contributed by atoms with Gasteiger partial charge in [-0.05, 0) is 36.8 Å². The molecule has 0 saturated carbocycles. The Morgan fingerprint density at radius 3 is 2.71 bits per heavy atom. The molecule has 1 nitrogen and oxygen atoms in total. The maximum absolute atomic E-state index is 10.5. The smallest absolute Gasteiger partial charge is 0.0925 e. The summed E-state index contributed by atoms with van der Waals surface area (Å²) in [6.45, 7) is 6.27. The molecule has 0 aromatic heterocycles. The monoisotopic (exact) mass is 190 g/mol. The molecular weight excluding hydrogens is 172 g/mol. The minimum Gasteiger partial charge on any atom is -0.385 e. The first kappa shape index (κ1) is 9.72. The highest BCUT2D eigenvalue weighted by Crippen LogP contribution is 2.42. The molecule has 0 saturated heterocycles. The van der Waals surface area contributed by atoms with Crippen molar-refractivity contribution in [2.75, 3.05) is 0 Å². The number of hydrogen-bond donors (Lipinski definition) is 1. The van der Waals surface area contributed by atoms with Crippen molar-refractivity contribution >= 4 is 0 Å². The molecule has 1 unspecified atom stereocenters. The van der Waals surface area contributed by atoms with Gasteiger partial charge in [0, 0.05) is 0 Å². The van der Waals surface area contributed by atoms with E-state index in [2.05, 4.69) is 39.0 Å². The van der Waals surface area contributed by atoms with E-state index in [-0.39, 0.29) is 0 Å². The van der Waals surface area contributed by atoms with E-state index in [4.69, 9.17) is 0 Å². The molecule has 76 valence electrons. The van der Waals surface area contributed by atoms with Gasteiger partial charge < -0.3 is 5.11 Å². The molecule has 0 amide bonds. The quantitative estimate of drug-likeness (QED) is 0.722. The highest BCUT2D eigenvalue weighted by molar-refractivity contribution is 5.40. The lowest BCUT2D eigenvalue weighted by Crippen LogP contribution is -2.29. The van der Waals surface area contributed by atoms with E-state index >= 15 is 0 Å². The minimum atomic E-state index is -0.582. The van der Waals surface area contributed by atoms with Gasteiger partial charge in [-0.1, -0.05) is 37.6 Å². The van der Waals surface area contributed by atoms with Crippen LogP contribution in [0, 0.1) is 12.8 Å². The number of hydrogen-bond acceptors (Lipinski definition) is 1. The summed E-state index contributed by atoms with van der Waals surface area (Å²) in [6, 6.07) is 6.43. The van der Waals surface area contributed by atoms with Crippen LogP contribution in [0.25, 0.3) is 0 Å². The van der Waals surface area contributed by atoms with Crippen molar-refractivity contribution in [2.24, 2.45) is 5.92 Å². The van der Waals surface area contributed by atoms with Gasteiger partial charge in [-0.15, -0.1) is 0 Å². The van der Waals surface area contributed by atoms with E-state index < -0.39 is 5.60 Å². The molecule has 2 rings (SSSR count). The Balaban J connectivity index is 2.52. The number of benzene rings is 1. The van der Waals surface area contributed by atoms with E-state index in [1.54, 1.807) is 0 Å². The maximum Gasteiger partial charge on any atom is 0.0925 e. The van der Waals surface area contributed by atoms with E-state index in [0.717, 1.165) is 18.4 Å². The number of rotatable bonds is 1. The molecule has 14 heavy (non-hydrogen) atoms. The van der Waals surface area contributed by atoms with Crippen LogP contribution in [0.5, 0.6) is 0 Å². The predicted molar refractivity (Wildman–Crippen MR) is 58.2 cm³/mol. The highest BCUT2D eigenvalue weighted by Gasteiger charge is 2.39. The summed E-state index contributed by atoms with van der Waals surface area (Å²) < 4.78 is 0. The number of aliphatic hydroxyl groups is 1. The van der Waals surface area contributed by atoms with Crippen LogP contribution in [-0.2, 0) is 12.0 Å². The van der Waals surface area contributed by atoms with Crippen molar-refractivity contribution in [1.29, 1.82) is 0 Å². The fraction of sp³-hybridized carbons (Fsp3) is 0.538. The predicted octanol–water partition coefficient (Wildman–Crippen LogP) is 2.78. The zero-order valence-corrected chi connectivity index (χ0v) is 9.17. The molecule has 0 fully saturated rings. The van der Waals surface area contributed by atoms with Crippen LogP contribution in [0.2, 0.25) is 0 Å². The second-order valence-corrected chi connectivity index (χ2v) is 4.74. The fourth-order valence-corrected chi connectivity index (χ4v) is 2.37. The summed E-state index contributed by atoms with van der Waals surface area (Å²) in [5.41, 5.74) is 3.14. The summed E-state index contributed by atoms with van der Waals surface area (Å²) in [7, 11) is 0. The third kappa shape index (κ3) is 1.27. The van der Waals surface area contributed by atoms with Gasteiger partial charge in [0.1, 0.15) is 0 Å². The van der Waals surface area contributed by atoms with Crippen molar-refractivity contribution in [3.8, 4) is 0 Å². The van der Waals surface area contributed by atoms with Crippen LogP contribution in [0.15, 0.2) is 18.2 Å². The van der Waals surface area contributed by atoms with E-state index in [9.17, 15) is 5.11 Å². The van der Waals surface area contributed by atoms with Gasteiger partial charge in [0.25, 0.3) is 0 Å². The van der Waals surface area contributed by atoms with Crippen molar-refractivity contribution < 1.29 is 5.11 Å². The topological polar surface area (TPSA) is 20.2 Å². The first-order valence-corrected chi connectivity index (χ1v) is 5.36. The number of fused-ring (bicyclic) bond motifs is 1. The average Bonchev–Trinajstić information content (AvgIpc) is 2.46. The Hall–Kier alpha value is -0.820. The van der Waals surface area contributed by atoms with Crippen LogP contribution in [0.3, 0.4) is 0 Å². The zero-order chi connectivity index (χ0) is 10.3. The Labute approximate surface area is 85.8 Å². The molecule has 1 aromatic rings. The Morgan fingerprint density at radius 1 is 1.36 bits per heavy atom. The Morgan fingerprint density at radius 2 is 2.07 bits per heavy atom. The highest BCUT2D eigenvalue weighted by atomic mass is 16.3. The molecular formula is C13H18O. The van der Waals surface area contributed by atoms with Crippen molar-refractivity contribution in [3.05, 3.63) is 34.9 Å². The van der Waals surface area contributed by atoms with E-state index in [1.807, 2.05) is 0 Å². The second-order valence-electron chi connectivity index (χ2n) is 4.74. The summed E-state index contributed by atoms with van der Waals surface area (Å²) in [5.74, 6) is 0.297. The number of aryl methyl sites for hydroxylation is 2. The van der Waals surface area contributed by atoms with Crippen LogP contribution >= 0.6 is 0 Å². The van der Waals surface area contributed by atoms with Gasteiger partial charge in [0.2, 0.25) is 0 Å². The van der Waals surface area contributed by atoms with Crippen LogP contribution in [-0.4, -0.2) is 5.11 Å². The Kier molecular flexibility index (Phi) is 2.15. The molecule has 1 N–H and O–H groups in total. The molecule has 1 aromatic carbocycles. The van der Waals surface area contributed by atoms with E-state index in [0.29, 0.717) is 5.92 Å². The molecule has 0 radical (unpaired) electrons. The second kappa shape index (κ2) is 3.09. The summed E-state index contributed by atoms with van der Waals surface area (Å²) in [4.78, 5) is 0. The third-order valence-corrected chi connectivity index (χ3v) is 3.46. The molecule has 0 aliphatic heterocycles. The lowest BCUT2D eigenvalue weighted by Gasteiger charge is -2.28.